The van der Waals surface area contributed by atoms with E-state index in [1.54, 1.807) is 13.3 Å². The zero-order chi connectivity index (χ0) is 21.2. The number of hydrogen-bond donors (Lipinski definition) is 1. The Kier molecular flexibility index (Phi) is 4.81. The molecule has 1 amide bonds. The van der Waals surface area contributed by atoms with Crippen molar-refractivity contribution in [1.29, 1.82) is 0 Å². The summed E-state index contributed by atoms with van der Waals surface area (Å²) in [7, 11) is 1.56. The lowest BCUT2D eigenvalue weighted by atomic mass is 9.97. The Morgan fingerprint density at radius 2 is 1.32 bits per heavy atom. The van der Waals surface area contributed by atoms with Gasteiger partial charge in [-0.25, -0.2) is 5.43 Å². The third-order valence-corrected chi connectivity index (χ3v) is 5.49. The maximum atomic E-state index is 12.9. The van der Waals surface area contributed by atoms with Crippen molar-refractivity contribution in [2.45, 2.75) is 0 Å². The molecule has 0 aliphatic heterocycles. The van der Waals surface area contributed by atoms with Gasteiger partial charge in [0.15, 0.2) is 0 Å². The monoisotopic (exact) mass is 404 g/mol. The van der Waals surface area contributed by atoms with Crippen LogP contribution in [-0.4, -0.2) is 19.2 Å². The Morgan fingerprint density at radius 3 is 1.94 bits per heavy atom. The van der Waals surface area contributed by atoms with Crippen LogP contribution < -0.4 is 10.2 Å². The van der Waals surface area contributed by atoms with Gasteiger partial charge < -0.3 is 4.74 Å². The van der Waals surface area contributed by atoms with Gasteiger partial charge in [0.1, 0.15) is 5.75 Å². The number of nitrogens with zero attached hydrogens (tertiary/aromatic N) is 1. The van der Waals surface area contributed by atoms with Gasteiger partial charge in [0.2, 0.25) is 0 Å². The van der Waals surface area contributed by atoms with E-state index < -0.39 is 0 Å². The second kappa shape index (κ2) is 7.92. The molecule has 0 atom stereocenters. The highest BCUT2D eigenvalue weighted by Gasteiger charge is 2.13. The quantitative estimate of drug-likeness (QED) is 0.230. The number of hydrogen-bond acceptors (Lipinski definition) is 3. The van der Waals surface area contributed by atoms with E-state index in [1.807, 2.05) is 60.7 Å². The molecule has 0 aliphatic rings. The Labute approximate surface area is 179 Å². The summed E-state index contributed by atoms with van der Waals surface area (Å²) in [5, 5.41) is 10.7. The van der Waals surface area contributed by atoms with Crippen molar-refractivity contribution in [2.75, 3.05) is 7.11 Å². The normalized spacial score (nSPS) is 11.4. The van der Waals surface area contributed by atoms with Crippen LogP contribution in [0.3, 0.4) is 0 Å². The Morgan fingerprint density at radius 1 is 0.774 bits per heavy atom. The van der Waals surface area contributed by atoms with Gasteiger partial charge in [-0.1, -0.05) is 72.8 Å². The Balaban J connectivity index is 1.51. The molecule has 0 saturated heterocycles. The third-order valence-electron chi connectivity index (χ3n) is 5.49. The van der Waals surface area contributed by atoms with Gasteiger partial charge in [0, 0.05) is 5.56 Å². The summed E-state index contributed by atoms with van der Waals surface area (Å²) in [6.07, 6.45) is 1.72. The molecule has 0 aliphatic carbocycles. The number of hydrazone groups is 1. The van der Waals surface area contributed by atoms with E-state index in [0.29, 0.717) is 11.3 Å². The van der Waals surface area contributed by atoms with Crippen molar-refractivity contribution in [3.63, 3.8) is 0 Å². The molecule has 4 nitrogen and oxygen atoms in total. The van der Waals surface area contributed by atoms with Crippen LogP contribution in [0.2, 0.25) is 0 Å². The van der Waals surface area contributed by atoms with E-state index in [1.165, 1.54) is 0 Å². The lowest BCUT2D eigenvalue weighted by Gasteiger charge is -2.10. The average molecular weight is 404 g/mol. The van der Waals surface area contributed by atoms with Crippen LogP contribution >= 0.6 is 0 Å². The van der Waals surface area contributed by atoms with E-state index in [2.05, 4.69) is 40.9 Å². The maximum Gasteiger partial charge on any atom is 0.275 e. The van der Waals surface area contributed by atoms with Gasteiger partial charge >= 0.3 is 0 Å². The average Bonchev–Trinajstić information content (AvgIpc) is 2.82. The molecule has 0 aromatic heterocycles. The largest absolute Gasteiger partial charge is 0.496 e. The van der Waals surface area contributed by atoms with Crippen molar-refractivity contribution >= 4 is 44.4 Å². The summed E-state index contributed by atoms with van der Waals surface area (Å²) >= 11 is 0. The van der Waals surface area contributed by atoms with Crippen LogP contribution in [0.25, 0.3) is 32.3 Å². The van der Waals surface area contributed by atoms with Gasteiger partial charge in [-0.2, -0.15) is 5.10 Å². The van der Waals surface area contributed by atoms with Crippen LogP contribution in [0, 0.1) is 0 Å². The zero-order valence-electron chi connectivity index (χ0n) is 17.0. The third kappa shape index (κ3) is 3.49. The molecule has 0 radical (unpaired) electrons. The predicted molar refractivity (Wildman–Crippen MR) is 127 cm³/mol. The summed E-state index contributed by atoms with van der Waals surface area (Å²) in [6, 6.07) is 30.1. The summed E-state index contributed by atoms with van der Waals surface area (Å²) in [4.78, 5) is 12.9. The number of amides is 1. The number of rotatable bonds is 4. The smallest absolute Gasteiger partial charge is 0.275 e. The first-order valence-electron chi connectivity index (χ1n) is 10.1. The van der Waals surface area contributed by atoms with Crippen molar-refractivity contribution < 1.29 is 9.53 Å². The number of carbonyl (C=O) groups excluding carboxylic acids is 1. The summed E-state index contributed by atoms with van der Waals surface area (Å²) in [5.41, 5.74) is 4.08. The first kappa shape index (κ1) is 18.8. The highest BCUT2D eigenvalue weighted by Crippen LogP contribution is 2.28. The fraction of sp³-hybridized carbons (Fsp3) is 0.0370. The number of benzene rings is 5. The highest BCUT2D eigenvalue weighted by atomic mass is 16.5. The molecule has 5 aromatic carbocycles. The van der Waals surface area contributed by atoms with Crippen molar-refractivity contribution in [3.05, 3.63) is 102 Å². The molecule has 4 heteroatoms. The number of ether oxygens (including phenoxy) is 1. The van der Waals surface area contributed by atoms with E-state index in [-0.39, 0.29) is 5.91 Å². The number of fused-ring (bicyclic) bond motifs is 3. The van der Waals surface area contributed by atoms with Gasteiger partial charge in [-0.05, 0) is 50.5 Å². The van der Waals surface area contributed by atoms with Crippen LogP contribution in [-0.2, 0) is 0 Å². The van der Waals surface area contributed by atoms with Crippen molar-refractivity contribution in [2.24, 2.45) is 5.10 Å². The second-order valence-electron chi connectivity index (χ2n) is 7.33. The Hall–Kier alpha value is -4.18. The molecule has 31 heavy (non-hydrogen) atoms. The topological polar surface area (TPSA) is 50.7 Å². The number of methoxy groups -OCH3 is 1. The predicted octanol–water partition coefficient (Wildman–Crippen LogP) is 5.92. The standard InChI is InChI=1S/C27H20N2O2/c1-31-26-16-19-9-3-2-8-18(19)15-24(26)27(30)29-28-17-25-22-12-6-4-10-20(22)14-21-11-5-7-13-23(21)25/h2-17H,1H3,(H,29,30). The highest BCUT2D eigenvalue weighted by molar-refractivity contribution is 6.13. The second-order valence-corrected chi connectivity index (χ2v) is 7.33. The molecular formula is C27H20N2O2. The lowest BCUT2D eigenvalue weighted by molar-refractivity contribution is 0.0952. The fourth-order valence-corrected chi connectivity index (χ4v) is 3.97. The summed E-state index contributed by atoms with van der Waals surface area (Å²) < 4.78 is 5.44. The number of nitrogens with one attached hydrogen (secondary N) is 1. The maximum absolute atomic E-state index is 12.9. The number of carbonyl (C=O) groups is 1. The molecular weight excluding hydrogens is 384 g/mol. The molecule has 5 aromatic rings. The minimum Gasteiger partial charge on any atom is -0.496 e. The Bertz CT molecular complexity index is 1420. The fourth-order valence-electron chi connectivity index (χ4n) is 3.97. The summed E-state index contributed by atoms with van der Waals surface area (Å²) in [5.74, 6) is 0.199. The molecule has 150 valence electrons. The van der Waals surface area contributed by atoms with E-state index in [0.717, 1.165) is 37.9 Å². The lowest BCUT2D eigenvalue weighted by Crippen LogP contribution is -2.18. The van der Waals surface area contributed by atoms with Crippen LogP contribution in [0.4, 0.5) is 0 Å². The van der Waals surface area contributed by atoms with Crippen LogP contribution in [0.15, 0.2) is 96.1 Å². The van der Waals surface area contributed by atoms with Crippen molar-refractivity contribution in [1.82, 2.24) is 5.43 Å². The molecule has 0 heterocycles. The van der Waals surface area contributed by atoms with Gasteiger partial charge in [0.25, 0.3) is 5.91 Å². The zero-order valence-corrected chi connectivity index (χ0v) is 17.0. The van der Waals surface area contributed by atoms with Crippen LogP contribution in [0.5, 0.6) is 5.75 Å². The van der Waals surface area contributed by atoms with Gasteiger partial charge in [0.05, 0.1) is 18.9 Å². The van der Waals surface area contributed by atoms with E-state index in [9.17, 15) is 4.79 Å². The first-order chi connectivity index (χ1) is 15.2. The molecule has 1 N–H and O–H groups in total. The minimum absolute atomic E-state index is 0.316. The molecule has 0 fully saturated rings. The molecule has 5 rings (SSSR count). The van der Waals surface area contributed by atoms with E-state index in [4.69, 9.17) is 4.74 Å². The SMILES string of the molecule is COc1cc2ccccc2cc1C(=O)NN=Cc1c2ccccc2cc2ccccc12. The van der Waals surface area contributed by atoms with E-state index >= 15 is 0 Å². The molecule has 0 bridgehead atoms. The van der Waals surface area contributed by atoms with Crippen molar-refractivity contribution in [3.8, 4) is 5.75 Å². The van der Waals surface area contributed by atoms with Crippen LogP contribution in [0.1, 0.15) is 15.9 Å². The van der Waals surface area contributed by atoms with Gasteiger partial charge in [-0.15, -0.1) is 0 Å². The summed E-state index contributed by atoms with van der Waals surface area (Å²) in [6.45, 7) is 0. The molecule has 0 unspecified atom stereocenters. The molecule has 0 spiro atoms. The first-order valence-corrected chi connectivity index (χ1v) is 10.1. The minimum atomic E-state index is -0.316. The molecule has 0 saturated carbocycles. The van der Waals surface area contributed by atoms with Gasteiger partial charge in [-0.3, -0.25) is 4.79 Å².